The minimum absolute atomic E-state index is 0.0278. The summed E-state index contributed by atoms with van der Waals surface area (Å²) in [4.78, 5) is 20.5. The number of likely N-dealkylation sites (N-methyl/N-ethyl adjacent to an activating group) is 1. The van der Waals surface area contributed by atoms with Crippen LogP contribution in [-0.4, -0.2) is 61.9 Å². The molecule has 6 heteroatoms. The summed E-state index contributed by atoms with van der Waals surface area (Å²) in [5.74, 6) is 0.700. The van der Waals surface area contributed by atoms with Gasteiger partial charge in [0, 0.05) is 27.2 Å². The second-order valence-electron chi connectivity index (χ2n) is 7.35. The number of nitrogens with one attached hydrogen (secondary N) is 2. The van der Waals surface area contributed by atoms with Crippen molar-refractivity contribution in [2.75, 3.05) is 40.3 Å². The quantitative estimate of drug-likeness (QED) is 0.568. The number of likely N-dealkylation sites (tertiary alicyclic amines) is 1. The Morgan fingerprint density at radius 1 is 1.11 bits per heavy atom. The molecule has 1 heterocycles. The number of aliphatic imine (C=N–C) groups is 1. The predicted molar refractivity (Wildman–Crippen MR) is 112 cm³/mol. The smallest absolute Gasteiger partial charge is 0.241 e. The van der Waals surface area contributed by atoms with Gasteiger partial charge in [0.25, 0.3) is 0 Å². The Kier molecular flexibility index (Phi) is 9.11. The van der Waals surface area contributed by atoms with Crippen LogP contribution in [0.15, 0.2) is 29.3 Å². The number of hydrogen-bond acceptors (Lipinski definition) is 3. The summed E-state index contributed by atoms with van der Waals surface area (Å²) in [7, 11) is 3.51. The zero-order valence-corrected chi connectivity index (χ0v) is 17.1. The Balaban J connectivity index is 1.93. The molecule has 27 heavy (non-hydrogen) atoms. The third-order valence-corrected chi connectivity index (χ3v) is 4.77. The molecule has 1 saturated heterocycles. The number of benzene rings is 1. The van der Waals surface area contributed by atoms with Gasteiger partial charge in [-0.15, -0.1) is 0 Å². The molecular formula is C21H35N5O. The van der Waals surface area contributed by atoms with E-state index in [4.69, 9.17) is 0 Å². The zero-order chi connectivity index (χ0) is 19.5. The lowest BCUT2D eigenvalue weighted by Gasteiger charge is -2.20. The van der Waals surface area contributed by atoms with Gasteiger partial charge in [-0.3, -0.25) is 9.69 Å². The van der Waals surface area contributed by atoms with E-state index in [9.17, 15) is 4.79 Å². The molecule has 2 N–H and O–H groups in total. The lowest BCUT2D eigenvalue weighted by Crippen LogP contribution is -2.42. The molecule has 1 fully saturated rings. The molecule has 0 atom stereocenters. The normalized spacial score (nSPS) is 15.9. The van der Waals surface area contributed by atoms with Crippen molar-refractivity contribution in [2.24, 2.45) is 4.99 Å². The van der Waals surface area contributed by atoms with Gasteiger partial charge in [0.05, 0.1) is 13.1 Å². The summed E-state index contributed by atoms with van der Waals surface area (Å²) in [6, 6.07) is 8.69. The molecule has 6 nitrogen and oxygen atoms in total. The summed E-state index contributed by atoms with van der Waals surface area (Å²) < 4.78 is 0. The van der Waals surface area contributed by atoms with E-state index in [2.05, 4.69) is 44.8 Å². The van der Waals surface area contributed by atoms with Crippen LogP contribution in [0.3, 0.4) is 0 Å². The third-order valence-electron chi connectivity index (χ3n) is 4.77. The summed E-state index contributed by atoms with van der Waals surface area (Å²) in [6.07, 6.45) is 5.35. The van der Waals surface area contributed by atoms with Gasteiger partial charge < -0.3 is 15.5 Å². The van der Waals surface area contributed by atoms with Crippen molar-refractivity contribution >= 4 is 11.9 Å². The maximum absolute atomic E-state index is 11.8. The maximum atomic E-state index is 11.8. The molecule has 1 aliphatic rings. The van der Waals surface area contributed by atoms with Crippen LogP contribution >= 0.6 is 0 Å². The molecule has 2 rings (SSSR count). The van der Waals surface area contributed by atoms with Crippen molar-refractivity contribution in [3.8, 4) is 0 Å². The van der Waals surface area contributed by atoms with Gasteiger partial charge in [0.15, 0.2) is 5.96 Å². The van der Waals surface area contributed by atoms with E-state index in [0.717, 1.165) is 13.1 Å². The largest absolute Gasteiger partial charge is 0.357 e. The van der Waals surface area contributed by atoms with Crippen LogP contribution < -0.4 is 10.6 Å². The Bertz CT molecular complexity index is 606. The van der Waals surface area contributed by atoms with Crippen molar-refractivity contribution in [3.63, 3.8) is 0 Å². The van der Waals surface area contributed by atoms with Gasteiger partial charge in [0.1, 0.15) is 0 Å². The van der Waals surface area contributed by atoms with E-state index in [1.54, 1.807) is 19.0 Å². The first kappa shape index (κ1) is 21.2. The van der Waals surface area contributed by atoms with E-state index in [-0.39, 0.29) is 12.5 Å². The molecule has 0 saturated carbocycles. The number of guanidine groups is 1. The molecule has 1 aromatic carbocycles. The summed E-state index contributed by atoms with van der Waals surface area (Å²) >= 11 is 0. The van der Waals surface area contributed by atoms with E-state index >= 15 is 0 Å². The Morgan fingerprint density at radius 3 is 2.48 bits per heavy atom. The van der Waals surface area contributed by atoms with Crippen molar-refractivity contribution < 1.29 is 4.79 Å². The fraction of sp³-hybridized carbons (Fsp3) is 0.619. The summed E-state index contributed by atoms with van der Waals surface area (Å²) in [5.41, 5.74) is 2.55. The van der Waals surface area contributed by atoms with Crippen LogP contribution in [0, 0.1) is 0 Å². The van der Waals surface area contributed by atoms with Crippen LogP contribution in [0.5, 0.6) is 0 Å². The lowest BCUT2D eigenvalue weighted by atomic mass is 10.1. The SMILES string of the molecule is CCNC(=NCc1cccc(CN2CCCCCC2)c1)NCC(=O)N(C)C. The van der Waals surface area contributed by atoms with Gasteiger partial charge in [-0.2, -0.15) is 0 Å². The van der Waals surface area contributed by atoms with Crippen molar-refractivity contribution in [3.05, 3.63) is 35.4 Å². The second-order valence-corrected chi connectivity index (χ2v) is 7.35. The monoisotopic (exact) mass is 373 g/mol. The molecule has 0 radical (unpaired) electrons. The lowest BCUT2D eigenvalue weighted by molar-refractivity contribution is -0.127. The van der Waals surface area contributed by atoms with Gasteiger partial charge in [-0.1, -0.05) is 37.1 Å². The molecular weight excluding hydrogens is 338 g/mol. The minimum atomic E-state index is 0.0278. The van der Waals surface area contributed by atoms with E-state index in [1.165, 1.54) is 49.9 Å². The van der Waals surface area contributed by atoms with Crippen molar-refractivity contribution in [1.82, 2.24) is 20.4 Å². The Labute approximate surface area is 164 Å². The Morgan fingerprint density at radius 2 is 1.81 bits per heavy atom. The molecule has 1 aromatic rings. The number of carbonyl (C=O) groups excluding carboxylic acids is 1. The van der Waals surface area contributed by atoms with E-state index in [0.29, 0.717) is 12.5 Å². The first-order valence-corrected chi connectivity index (χ1v) is 10.1. The standard InChI is InChI=1S/C21H35N5O/c1-4-22-21(24-16-20(27)25(2)3)23-15-18-10-9-11-19(14-18)17-26-12-7-5-6-8-13-26/h9-11,14H,4-8,12-13,15-17H2,1-3H3,(H2,22,23,24). The van der Waals surface area contributed by atoms with Gasteiger partial charge in [-0.25, -0.2) is 4.99 Å². The van der Waals surface area contributed by atoms with Crippen LogP contribution in [0.2, 0.25) is 0 Å². The highest BCUT2D eigenvalue weighted by molar-refractivity contribution is 5.86. The van der Waals surface area contributed by atoms with Gasteiger partial charge >= 0.3 is 0 Å². The zero-order valence-electron chi connectivity index (χ0n) is 17.1. The summed E-state index contributed by atoms with van der Waals surface area (Å²) in [5, 5.41) is 6.29. The van der Waals surface area contributed by atoms with Crippen LogP contribution in [-0.2, 0) is 17.9 Å². The third kappa shape index (κ3) is 7.99. The molecule has 0 aromatic heterocycles. The highest BCUT2D eigenvalue weighted by atomic mass is 16.2. The maximum Gasteiger partial charge on any atom is 0.241 e. The van der Waals surface area contributed by atoms with Gasteiger partial charge in [-0.05, 0) is 44.0 Å². The average molecular weight is 374 g/mol. The highest BCUT2D eigenvalue weighted by Gasteiger charge is 2.10. The second kappa shape index (κ2) is 11.6. The van der Waals surface area contributed by atoms with Crippen molar-refractivity contribution in [2.45, 2.75) is 45.7 Å². The fourth-order valence-electron chi connectivity index (χ4n) is 3.21. The first-order valence-electron chi connectivity index (χ1n) is 10.1. The van der Waals surface area contributed by atoms with Crippen LogP contribution in [0.25, 0.3) is 0 Å². The first-order chi connectivity index (χ1) is 13.1. The average Bonchev–Trinajstić information content (AvgIpc) is 2.92. The molecule has 150 valence electrons. The molecule has 0 spiro atoms. The topological polar surface area (TPSA) is 60.0 Å². The number of rotatable bonds is 7. The number of carbonyl (C=O) groups is 1. The fourth-order valence-corrected chi connectivity index (χ4v) is 3.21. The molecule has 0 unspecified atom stereocenters. The summed E-state index contributed by atoms with van der Waals surface area (Å²) in [6.45, 7) is 7.05. The van der Waals surface area contributed by atoms with Gasteiger partial charge in [0.2, 0.25) is 5.91 Å². The van der Waals surface area contributed by atoms with E-state index < -0.39 is 0 Å². The minimum Gasteiger partial charge on any atom is -0.357 e. The Hall–Kier alpha value is -2.08. The van der Waals surface area contributed by atoms with Crippen molar-refractivity contribution in [1.29, 1.82) is 0 Å². The number of hydrogen-bond donors (Lipinski definition) is 2. The molecule has 0 aliphatic carbocycles. The molecule has 1 amide bonds. The van der Waals surface area contributed by atoms with Crippen LogP contribution in [0.4, 0.5) is 0 Å². The number of amides is 1. The van der Waals surface area contributed by atoms with E-state index in [1.807, 2.05) is 6.92 Å². The molecule has 1 aliphatic heterocycles. The van der Waals surface area contributed by atoms with Crippen LogP contribution in [0.1, 0.15) is 43.7 Å². The number of nitrogens with zero attached hydrogens (tertiary/aromatic N) is 3. The molecule has 0 bridgehead atoms. The predicted octanol–water partition coefficient (Wildman–Crippen LogP) is 2.21. The highest BCUT2D eigenvalue weighted by Crippen LogP contribution is 2.14.